The van der Waals surface area contributed by atoms with Crippen molar-refractivity contribution in [2.24, 2.45) is 0 Å². The number of halogens is 3. The minimum atomic E-state index is -4.00. The second-order valence-electron chi connectivity index (χ2n) is 8.57. The Bertz CT molecular complexity index is 1370. The van der Waals surface area contributed by atoms with E-state index in [2.05, 4.69) is 5.32 Å². The Morgan fingerprint density at radius 2 is 1.55 bits per heavy atom. The van der Waals surface area contributed by atoms with Crippen LogP contribution in [-0.4, -0.2) is 55.6 Å². The maximum Gasteiger partial charge on any atom is 0.243 e. The summed E-state index contributed by atoms with van der Waals surface area (Å²) < 4.78 is 27.2. The van der Waals surface area contributed by atoms with E-state index in [9.17, 15) is 18.0 Å². The summed E-state index contributed by atoms with van der Waals surface area (Å²) in [6, 6.07) is 18.9. The van der Waals surface area contributed by atoms with Crippen molar-refractivity contribution in [3.63, 3.8) is 0 Å². The summed E-state index contributed by atoms with van der Waals surface area (Å²) in [7, 11) is -2.69. The summed E-state index contributed by atoms with van der Waals surface area (Å²) in [6.45, 7) is 1.62. The lowest BCUT2D eigenvalue weighted by Crippen LogP contribution is -2.53. The quantitative estimate of drug-likeness (QED) is 0.336. The minimum Gasteiger partial charge on any atom is -0.355 e. The molecule has 0 heterocycles. The van der Waals surface area contributed by atoms with E-state index in [4.69, 9.17) is 34.8 Å². The number of sulfonamides is 1. The predicted molar refractivity (Wildman–Crippen MR) is 151 cm³/mol. The molecule has 3 aromatic carbocycles. The van der Waals surface area contributed by atoms with Gasteiger partial charge in [-0.3, -0.25) is 9.59 Å². The number of benzene rings is 3. The van der Waals surface area contributed by atoms with E-state index in [-0.39, 0.29) is 23.8 Å². The molecule has 0 saturated heterocycles. The van der Waals surface area contributed by atoms with Crippen molar-refractivity contribution in [1.82, 2.24) is 14.5 Å². The van der Waals surface area contributed by atoms with Gasteiger partial charge >= 0.3 is 0 Å². The first-order valence-electron chi connectivity index (χ1n) is 11.8. The van der Waals surface area contributed by atoms with Gasteiger partial charge in [0, 0.05) is 41.6 Å². The fourth-order valence-electron chi connectivity index (χ4n) is 3.83. The fourth-order valence-corrected chi connectivity index (χ4v) is 5.55. The maximum absolute atomic E-state index is 13.8. The van der Waals surface area contributed by atoms with Crippen LogP contribution in [-0.2, 0) is 32.6 Å². The Hall–Kier alpha value is -2.62. The van der Waals surface area contributed by atoms with Gasteiger partial charge in [-0.25, -0.2) is 8.42 Å². The Kier molecular flexibility index (Phi) is 10.6. The highest BCUT2D eigenvalue weighted by atomic mass is 35.5. The highest BCUT2D eigenvalue weighted by molar-refractivity contribution is 7.89. The van der Waals surface area contributed by atoms with Gasteiger partial charge in [-0.2, -0.15) is 4.31 Å². The van der Waals surface area contributed by atoms with E-state index in [0.717, 1.165) is 9.87 Å². The van der Waals surface area contributed by atoms with Crippen LogP contribution >= 0.6 is 34.8 Å². The number of carbonyl (C=O) groups excluding carboxylic acids is 2. The molecule has 11 heteroatoms. The highest BCUT2D eigenvalue weighted by Gasteiger charge is 2.33. The fraction of sp³-hybridized carbons (Fsp3) is 0.259. The first kappa shape index (κ1) is 29.9. The number of likely N-dealkylation sites (N-methyl/N-ethyl adjacent to an activating group) is 2. The number of rotatable bonds is 11. The Morgan fingerprint density at radius 3 is 2.16 bits per heavy atom. The van der Waals surface area contributed by atoms with Gasteiger partial charge in [0.15, 0.2) is 0 Å². The number of hydrogen-bond acceptors (Lipinski definition) is 4. The SMILES string of the molecule is CCNC(=O)[C@@H](Cc1ccccc1)N(Cc1ccc(Cl)cc1Cl)C(=O)CN(C)S(=O)(=O)c1ccc(Cl)cc1. The molecule has 1 atom stereocenters. The standard InChI is InChI=1S/C27H28Cl3N3O4S/c1-3-31-27(35)25(15-19-7-5-4-6-8-19)33(17-20-9-10-22(29)16-24(20)30)26(34)18-32(2)38(36,37)23-13-11-21(28)12-14-23/h4-14,16,25H,3,15,17-18H2,1-2H3,(H,31,35)/t25-/m1/s1. The third-order valence-corrected chi connectivity index (χ3v) is 8.51. The highest BCUT2D eigenvalue weighted by Crippen LogP contribution is 2.25. The molecule has 0 radical (unpaired) electrons. The second-order valence-corrected chi connectivity index (χ2v) is 11.9. The van der Waals surface area contributed by atoms with Crippen LogP contribution in [0.15, 0.2) is 77.7 Å². The van der Waals surface area contributed by atoms with E-state index < -0.39 is 28.5 Å². The topological polar surface area (TPSA) is 86.8 Å². The van der Waals surface area contributed by atoms with Gasteiger partial charge in [0.25, 0.3) is 0 Å². The zero-order valence-electron chi connectivity index (χ0n) is 20.9. The summed E-state index contributed by atoms with van der Waals surface area (Å²) >= 11 is 18.4. The van der Waals surface area contributed by atoms with Crippen LogP contribution in [0.5, 0.6) is 0 Å². The van der Waals surface area contributed by atoms with Gasteiger partial charge in [-0.1, -0.05) is 71.2 Å². The molecule has 38 heavy (non-hydrogen) atoms. The van der Waals surface area contributed by atoms with Crippen LogP contribution < -0.4 is 5.32 Å². The van der Waals surface area contributed by atoms with Gasteiger partial charge in [-0.05, 0) is 54.4 Å². The van der Waals surface area contributed by atoms with E-state index >= 15 is 0 Å². The first-order valence-corrected chi connectivity index (χ1v) is 14.4. The zero-order valence-corrected chi connectivity index (χ0v) is 24.0. The molecule has 0 bridgehead atoms. The average molecular weight is 597 g/mol. The van der Waals surface area contributed by atoms with Crippen molar-refractivity contribution < 1.29 is 18.0 Å². The van der Waals surface area contributed by atoms with Crippen molar-refractivity contribution in [1.29, 1.82) is 0 Å². The van der Waals surface area contributed by atoms with Gasteiger partial charge in [-0.15, -0.1) is 0 Å². The normalized spacial score (nSPS) is 12.3. The van der Waals surface area contributed by atoms with Crippen molar-refractivity contribution in [3.8, 4) is 0 Å². The van der Waals surface area contributed by atoms with Crippen LogP contribution in [0.2, 0.25) is 15.1 Å². The van der Waals surface area contributed by atoms with Gasteiger partial charge in [0.1, 0.15) is 6.04 Å². The molecule has 0 saturated carbocycles. The zero-order chi connectivity index (χ0) is 27.9. The molecule has 0 unspecified atom stereocenters. The molecule has 3 aromatic rings. The molecule has 1 N–H and O–H groups in total. The summed E-state index contributed by atoms with van der Waals surface area (Å²) in [5.74, 6) is -0.929. The Balaban J connectivity index is 1.98. The molecule has 0 fully saturated rings. The van der Waals surface area contributed by atoms with E-state index in [1.807, 2.05) is 30.3 Å². The molecule has 0 aliphatic carbocycles. The van der Waals surface area contributed by atoms with Crippen LogP contribution in [0.1, 0.15) is 18.1 Å². The van der Waals surface area contributed by atoms with E-state index in [0.29, 0.717) is 27.2 Å². The second kappa shape index (κ2) is 13.4. The molecule has 202 valence electrons. The van der Waals surface area contributed by atoms with Crippen LogP contribution in [0, 0.1) is 0 Å². The molecule has 3 rings (SSSR count). The summed E-state index contributed by atoms with van der Waals surface area (Å²) in [5, 5.41) is 3.93. The van der Waals surface area contributed by atoms with Crippen LogP contribution in [0.25, 0.3) is 0 Å². The molecule has 7 nitrogen and oxygen atoms in total. The third-order valence-electron chi connectivity index (χ3n) is 5.86. The van der Waals surface area contributed by atoms with Crippen molar-refractivity contribution in [2.45, 2.75) is 30.8 Å². The summed E-state index contributed by atoms with van der Waals surface area (Å²) in [5.41, 5.74) is 1.40. The molecule has 2 amide bonds. The van der Waals surface area contributed by atoms with Crippen molar-refractivity contribution in [2.75, 3.05) is 20.1 Å². The van der Waals surface area contributed by atoms with Gasteiger partial charge < -0.3 is 10.2 Å². The predicted octanol–water partition coefficient (Wildman–Crippen LogP) is 5.04. The number of hydrogen-bond donors (Lipinski definition) is 1. The number of nitrogens with zero attached hydrogens (tertiary/aromatic N) is 2. The van der Waals surface area contributed by atoms with Crippen LogP contribution in [0.3, 0.4) is 0 Å². The van der Waals surface area contributed by atoms with E-state index in [1.165, 1.54) is 36.2 Å². The largest absolute Gasteiger partial charge is 0.355 e. The number of carbonyl (C=O) groups is 2. The maximum atomic E-state index is 13.8. The summed E-state index contributed by atoms with van der Waals surface area (Å²) in [6.07, 6.45) is 0.220. The van der Waals surface area contributed by atoms with Gasteiger partial charge in [0.05, 0.1) is 11.4 Å². The number of nitrogens with one attached hydrogen (secondary N) is 1. The average Bonchev–Trinajstić information content (AvgIpc) is 2.88. The van der Waals surface area contributed by atoms with Crippen molar-refractivity contribution >= 4 is 56.6 Å². The lowest BCUT2D eigenvalue weighted by molar-refractivity contribution is -0.141. The van der Waals surface area contributed by atoms with E-state index in [1.54, 1.807) is 25.1 Å². The molecule has 0 aliphatic heterocycles. The third kappa shape index (κ3) is 7.71. The first-order chi connectivity index (χ1) is 18.0. The molecule has 0 spiro atoms. The number of amides is 2. The molecular weight excluding hydrogens is 569 g/mol. The molecule has 0 aromatic heterocycles. The van der Waals surface area contributed by atoms with Crippen molar-refractivity contribution in [3.05, 3.63) is 99.0 Å². The van der Waals surface area contributed by atoms with Gasteiger partial charge in [0.2, 0.25) is 21.8 Å². The Labute approximate surface area is 238 Å². The smallest absolute Gasteiger partial charge is 0.243 e. The Morgan fingerprint density at radius 1 is 0.921 bits per heavy atom. The minimum absolute atomic E-state index is 0.00550. The monoisotopic (exact) mass is 595 g/mol. The lowest BCUT2D eigenvalue weighted by atomic mass is 10.0. The lowest BCUT2D eigenvalue weighted by Gasteiger charge is -2.33. The molecular formula is C27H28Cl3N3O4S. The summed E-state index contributed by atoms with van der Waals surface area (Å²) in [4.78, 5) is 28.4. The molecule has 0 aliphatic rings. The van der Waals surface area contributed by atoms with Crippen LogP contribution in [0.4, 0.5) is 0 Å².